The van der Waals surface area contributed by atoms with Crippen LogP contribution in [0.1, 0.15) is 42.5 Å². The molecule has 3 nitrogen and oxygen atoms in total. The van der Waals surface area contributed by atoms with Gasteiger partial charge < -0.3 is 10.2 Å². The summed E-state index contributed by atoms with van der Waals surface area (Å²) in [4.78, 5) is 14.4. The van der Waals surface area contributed by atoms with Crippen LogP contribution in [0.15, 0.2) is 18.2 Å². The minimum atomic E-state index is -0.648. The van der Waals surface area contributed by atoms with Crippen molar-refractivity contribution in [1.82, 2.24) is 10.2 Å². The highest BCUT2D eigenvalue weighted by molar-refractivity contribution is 5.94. The number of carbonyl (C=O) groups excluding carboxylic acids is 1. The van der Waals surface area contributed by atoms with Gasteiger partial charge in [-0.25, -0.2) is 8.78 Å². The molecule has 2 aliphatic heterocycles. The van der Waals surface area contributed by atoms with Gasteiger partial charge in [0.15, 0.2) is 0 Å². The van der Waals surface area contributed by atoms with Crippen LogP contribution in [0.2, 0.25) is 0 Å². The van der Waals surface area contributed by atoms with Gasteiger partial charge >= 0.3 is 0 Å². The summed E-state index contributed by atoms with van der Waals surface area (Å²) in [6.45, 7) is 1.59. The Bertz CT molecular complexity index is 529. The van der Waals surface area contributed by atoms with Crippen LogP contribution in [-0.2, 0) is 0 Å². The van der Waals surface area contributed by atoms with Gasteiger partial charge in [0.1, 0.15) is 11.6 Å². The summed E-state index contributed by atoms with van der Waals surface area (Å²) in [5.41, 5.74) is -0.153. The molecule has 2 fully saturated rings. The van der Waals surface area contributed by atoms with Crippen molar-refractivity contribution in [3.05, 3.63) is 35.4 Å². The first-order valence-electron chi connectivity index (χ1n) is 7.66. The van der Waals surface area contributed by atoms with E-state index in [0.717, 1.165) is 56.8 Å². The summed E-state index contributed by atoms with van der Waals surface area (Å²) in [6, 6.07) is 3.45. The summed E-state index contributed by atoms with van der Waals surface area (Å²) in [6.07, 6.45) is 5.09. The van der Waals surface area contributed by atoms with Crippen molar-refractivity contribution in [1.29, 1.82) is 0 Å². The third kappa shape index (κ3) is 2.93. The number of benzene rings is 1. The maximum Gasteiger partial charge on any atom is 0.257 e. The molecule has 0 saturated carbocycles. The lowest BCUT2D eigenvalue weighted by atomic mass is 9.93. The van der Waals surface area contributed by atoms with Crippen LogP contribution >= 0.6 is 0 Å². The van der Waals surface area contributed by atoms with E-state index >= 15 is 0 Å². The van der Waals surface area contributed by atoms with E-state index in [0.29, 0.717) is 6.54 Å². The molecular formula is C16H20F2N2O. The molecule has 3 rings (SSSR count). The number of rotatable bonds is 2. The minimum absolute atomic E-state index is 0.0939. The molecule has 0 bridgehead atoms. The van der Waals surface area contributed by atoms with Crippen molar-refractivity contribution in [3.63, 3.8) is 0 Å². The second-order valence-corrected chi connectivity index (χ2v) is 5.89. The fraction of sp³-hybridized carbons (Fsp3) is 0.562. The van der Waals surface area contributed by atoms with Gasteiger partial charge in [0.25, 0.3) is 5.91 Å². The van der Waals surface area contributed by atoms with E-state index in [9.17, 15) is 13.6 Å². The Hall–Kier alpha value is -1.49. The standard InChI is InChI=1S/C16H20F2N2O/c17-11-6-7-13(18)12(10-11)16(21)20-9-2-1-5-15(20)14-4-3-8-19-14/h6-7,10,14-15,19H,1-5,8-9H2. The molecule has 1 aromatic carbocycles. The minimum Gasteiger partial charge on any atom is -0.334 e. The number of hydrogen-bond acceptors (Lipinski definition) is 2. The average Bonchev–Trinajstić information content (AvgIpc) is 3.03. The fourth-order valence-electron chi connectivity index (χ4n) is 3.48. The van der Waals surface area contributed by atoms with Crippen LogP contribution in [0.3, 0.4) is 0 Å². The van der Waals surface area contributed by atoms with E-state index in [1.807, 2.05) is 0 Å². The Kier molecular flexibility index (Phi) is 4.19. The zero-order valence-corrected chi connectivity index (χ0v) is 11.9. The highest BCUT2D eigenvalue weighted by atomic mass is 19.1. The third-order valence-electron chi connectivity index (χ3n) is 4.53. The van der Waals surface area contributed by atoms with Gasteiger partial charge in [0.2, 0.25) is 0 Å². The van der Waals surface area contributed by atoms with Crippen LogP contribution in [0, 0.1) is 11.6 Å². The topological polar surface area (TPSA) is 32.3 Å². The molecule has 2 unspecified atom stereocenters. The van der Waals surface area contributed by atoms with Crippen LogP contribution in [0.5, 0.6) is 0 Å². The Morgan fingerprint density at radius 3 is 2.81 bits per heavy atom. The van der Waals surface area contributed by atoms with Crippen molar-refractivity contribution >= 4 is 5.91 Å². The van der Waals surface area contributed by atoms with Crippen molar-refractivity contribution in [3.8, 4) is 0 Å². The molecule has 2 aliphatic rings. The van der Waals surface area contributed by atoms with Crippen molar-refractivity contribution in [2.45, 2.75) is 44.2 Å². The number of likely N-dealkylation sites (tertiary alicyclic amines) is 1. The molecule has 0 aromatic heterocycles. The maximum atomic E-state index is 13.8. The Labute approximate surface area is 123 Å². The second kappa shape index (κ2) is 6.10. The van der Waals surface area contributed by atoms with Gasteiger partial charge in [-0.05, 0) is 56.8 Å². The predicted octanol–water partition coefficient (Wildman–Crippen LogP) is 2.71. The largest absolute Gasteiger partial charge is 0.334 e. The number of halogens is 2. The zero-order chi connectivity index (χ0) is 14.8. The summed E-state index contributed by atoms with van der Waals surface area (Å²) in [5, 5.41) is 3.43. The molecule has 2 heterocycles. The van der Waals surface area contributed by atoms with E-state index in [4.69, 9.17) is 0 Å². The highest BCUT2D eigenvalue weighted by Gasteiger charge is 2.35. The van der Waals surface area contributed by atoms with Gasteiger partial charge in [-0.15, -0.1) is 0 Å². The second-order valence-electron chi connectivity index (χ2n) is 5.89. The number of hydrogen-bond donors (Lipinski definition) is 1. The zero-order valence-electron chi connectivity index (χ0n) is 11.9. The van der Waals surface area contributed by atoms with Crippen molar-refractivity contribution in [2.24, 2.45) is 0 Å². The molecule has 2 saturated heterocycles. The number of carbonyl (C=O) groups is 1. The van der Waals surface area contributed by atoms with E-state index in [2.05, 4.69) is 5.32 Å². The molecule has 0 radical (unpaired) electrons. The highest BCUT2D eigenvalue weighted by Crippen LogP contribution is 2.26. The lowest BCUT2D eigenvalue weighted by molar-refractivity contribution is 0.0558. The van der Waals surface area contributed by atoms with Crippen LogP contribution in [0.4, 0.5) is 8.78 Å². The lowest BCUT2D eigenvalue weighted by Gasteiger charge is -2.39. The van der Waals surface area contributed by atoms with E-state index in [1.165, 1.54) is 0 Å². The number of nitrogens with one attached hydrogen (secondary N) is 1. The van der Waals surface area contributed by atoms with Crippen LogP contribution in [0.25, 0.3) is 0 Å². The predicted molar refractivity (Wildman–Crippen MR) is 76.1 cm³/mol. The first-order chi connectivity index (χ1) is 10.2. The van der Waals surface area contributed by atoms with Crippen LogP contribution in [-0.4, -0.2) is 36.0 Å². The van der Waals surface area contributed by atoms with E-state index in [1.54, 1.807) is 4.90 Å². The monoisotopic (exact) mass is 294 g/mol. The van der Waals surface area contributed by atoms with Gasteiger partial charge in [-0.3, -0.25) is 4.79 Å². The molecule has 21 heavy (non-hydrogen) atoms. The first-order valence-corrected chi connectivity index (χ1v) is 7.66. The van der Waals surface area contributed by atoms with Gasteiger partial charge in [-0.2, -0.15) is 0 Å². The number of amides is 1. The molecule has 5 heteroatoms. The summed E-state index contributed by atoms with van der Waals surface area (Å²) >= 11 is 0. The Morgan fingerprint density at radius 1 is 1.19 bits per heavy atom. The Balaban J connectivity index is 1.85. The number of nitrogens with zero attached hydrogens (tertiary/aromatic N) is 1. The molecule has 1 N–H and O–H groups in total. The number of piperidine rings is 1. The molecular weight excluding hydrogens is 274 g/mol. The third-order valence-corrected chi connectivity index (χ3v) is 4.53. The van der Waals surface area contributed by atoms with Crippen molar-refractivity contribution < 1.29 is 13.6 Å². The first kappa shape index (κ1) is 14.4. The van der Waals surface area contributed by atoms with E-state index < -0.39 is 11.6 Å². The van der Waals surface area contributed by atoms with Gasteiger partial charge in [0, 0.05) is 18.6 Å². The summed E-state index contributed by atoms with van der Waals surface area (Å²) in [7, 11) is 0. The summed E-state index contributed by atoms with van der Waals surface area (Å²) < 4.78 is 27.2. The Morgan fingerprint density at radius 2 is 2.05 bits per heavy atom. The SMILES string of the molecule is O=C(c1cc(F)ccc1F)N1CCCCC1C1CCCN1. The van der Waals surface area contributed by atoms with Crippen molar-refractivity contribution in [2.75, 3.05) is 13.1 Å². The quantitative estimate of drug-likeness (QED) is 0.909. The molecule has 1 aromatic rings. The normalized spacial score (nSPS) is 26.1. The fourth-order valence-corrected chi connectivity index (χ4v) is 3.48. The molecule has 2 atom stereocenters. The van der Waals surface area contributed by atoms with Gasteiger partial charge in [0.05, 0.1) is 5.56 Å². The average molecular weight is 294 g/mol. The van der Waals surface area contributed by atoms with Gasteiger partial charge in [-0.1, -0.05) is 0 Å². The molecule has 0 aliphatic carbocycles. The molecule has 0 spiro atoms. The van der Waals surface area contributed by atoms with Crippen LogP contribution < -0.4 is 5.32 Å². The smallest absolute Gasteiger partial charge is 0.257 e. The summed E-state index contributed by atoms with van der Waals surface area (Å²) in [5.74, 6) is -1.61. The molecule has 114 valence electrons. The lowest BCUT2D eigenvalue weighted by Crippen LogP contribution is -2.52. The maximum absolute atomic E-state index is 13.8. The molecule has 1 amide bonds. The van der Waals surface area contributed by atoms with E-state index in [-0.39, 0.29) is 23.6 Å².